The van der Waals surface area contributed by atoms with Crippen molar-refractivity contribution in [2.24, 2.45) is 0 Å². The third-order valence-electron chi connectivity index (χ3n) is 9.13. The second-order valence-corrected chi connectivity index (χ2v) is 14.3. The average Bonchev–Trinajstić information content (AvgIpc) is 4.02. The van der Waals surface area contributed by atoms with Crippen molar-refractivity contribution >= 4 is 47.8 Å². The van der Waals surface area contributed by atoms with Gasteiger partial charge in [-0.3, -0.25) is 28.8 Å². The van der Waals surface area contributed by atoms with Crippen molar-refractivity contribution in [2.75, 3.05) is 60.8 Å². The highest BCUT2D eigenvalue weighted by molar-refractivity contribution is 5.81. The maximum absolute atomic E-state index is 12.1. The summed E-state index contributed by atoms with van der Waals surface area (Å²) < 4.78 is 39.7. The Morgan fingerprint density at radius 2 is 1.00 bits per heavy atom. The second-order valence-electron chi connectivity index (χ2n) is 14.3. The highest BCUT2D eigenvalue weighted by Crippen LogP contribution is 2.07. The minimum atomic E-state index is -0.888. The second kappa shape index (κ2) is 36.6. The van der Waals surface area contributed by atoms with Gasteiger partial charge in [0, 0.05) is 45.7 Å². The molecule has 4 N–H and O–H groups in total. The lowest BCUT2D eigenvalue weighted by Crippen LogP contribution is -2.42. The topological polar surface area (TPSA) is 266 Å². The molecule has 2 aromatic rings. The molecule has 2 atom stereocenters. The van der Waals surface area contributed by atoms with Crippen LogP contribution >= 0.6 is 0 Å². The van der Waals surface area contributed by atoms with Crippen molar-refractivity contribution in [3.05, 3.63) is 48.3 Å². The number of alkyl carbamates (subject to hydrolysis) is 1. The van der Waals surface area contributed by atoms with Crippen LogP contribution in [0.1, 0.15) is 108 Å². The molecule has 0 aliphatic rings. The van der Waals surface area contributed by atoms with Gasteiger partial charge in [0.2, 0.25) is 11.8 Å². The maximum Gasteiger partial charge on any atom is 0.407 e. The van der Waals surface area contributed by atoms with Gasteiger partial charge in [0.1, 0.15) is 23.6 Å². The van der Waals surface area contributed by atoms with E-state index < -0.39 is 30.0 Å². The summed E-state index contributed by atoms with van der Waals surface area (Å²) in [7, 11) is 4.34. The number of rotatable bonds is 33. The maximum atomic E-state index is 12.1. The van der Waals surface area contributed by atoms with Gasteiger partial charge in [0.25, 0.3) is 0 Å². The van der Waals surface area contributed by atoms with Gasteiger partial charge in [-0.05, 0) is 95.5 Å². The third-order valence-corrected chi connectivity index (χ3v) is 9.13. The highest BCUT2D eigenvalue weighted by Gasteiger charge is 2.22. The van der Waals surface area contributed by atoms with Crippen LogP contribution in [0.4, 0.5) is 4.79 Å². The molecule has 20 heteroatoms. The smallest absolute Gasteiger partial charge is 0.407 e. The van der Waals surface area contributed by atoms with Crippen LogP contribution in [-0.4, -0.2) is 121 Å². The fraction of sp³-hybridized carbons (Fsp3) is 0.636. The molecule has 2 heterocycles. The van der Waals surface area contributed by atoms with Gasteiger partial charge >= 0.3 is 35.9 Å². The molecule has 0 bridgehead atoms. The Balaban J connectivity index is 0.000000812. The summed E-state index contributed by atoms with van der Waals surface area (Å²) in [5.74, 6) is -0.790. The van der Waals surface area contributed by atoms with Gasteiger partial charge in [0.05, 0.1) is 66.0 Å². The number of ether oxygens (including phenoxy) is 6. The first-order valence-corrected chi connectivity index (χ1v) is 21.7. The number of methoxy groups -OCH3 is 2. The summed E-state index contributed by atoms with van der Waals surface area (Å²) in [5.41, 5.74) is 0. The van der Waals surface area contributed by atoms with E-state index >= 15 is 0 Å². The number of furan rings is 2. The first-order valence-electron chi connectivity index (χ1n) is 21.7. The number of hydrogen-bond acceptors (Lipinski definition) is 17. The van der Waals surface area contributed by atoms with Gasteiger partial charge in [-0.1, -0.05) is 0 Å². The van der Waals surface area contributed by atoms with Crippen LogP contribution in [0.3, 0.4) is 0 Å². The molecule has 0 aliphatic carbocycles. The minimum absolute atomic E-state index is 0.0181. The first kappa shape index (κ1) is 56.1. The molecular weight excluding hydrogens is 840 g/mol. The van der Waals surface area contributed by atoms with E-state index in [0.29, 0.717) is 90.1 Å². The number of likely N-dealkylation sites (N-methyl/N-ethyl adjacent to an activating group) is 1. The lowest BCUT2D eigenvalue weighted by Gasteiger charge is -2.16. The summed E-state index contributed by atoms with van der Waals surface area (Å²) >= 11 is 0. The van der Waals surface area contributed by atoms with Crippen molar-refractivity contribution < 1.29 is 75.6 Å². The summed E-state index contributed by atoms with van der Waals surface area (Å²) in [4.78, 5) is 93.1. The number of esters is 5. The Hall–Kier alpha value is -5.92. The molecule has 2 unspecified atom stereocenters. The third kappa shape index (κ3) is 30.2. The van der Waals surface area contributed by atoms with Gasteiger partial charge in [0.15, 0.2) is 0 Å². The number of nitrogens with one attached hydrogen (secondary N) is 4. The van der Waals surface area contributed by atoms with Crippen LogP contribution in [0.5, 0.6) is 0 Å². The molecule has 2 aromatic heterocycles. The molecule has 0 saturated heterocycles. The Morgan fingerprint density at radius 3 is 1.42 bits per heavy atom. The van der Waals surface area contributed by atoms with Crippen molar-refractivity contribution in [1.29, 1.82) is 0 Å². The summed E-state index contributed by atoms with van der Waals surface area (Å²) in [6.07, 6.45) is 9.86. The van der Waals surface area contributed by atoms with Gasteiger partial charge in [-0.2, -0.15) is 0 Å². The predicted octanol–water partition coefficient (Wildman–Crippen LogP) is 4.02. The monoisotopic (exact) mass is 908 g/mol. The normalized spacial score (nSPS) is 11.4. The quantitative estimate of drug-likeness (QED) is 0.0448. The zero-order valence-corrected chi connectivity index (χ0v) is 37.7. The number of hydrogen-bond donors (Lipinski definition) is 4. The zero-order valence-electron chi connectivity index (χ0n) is 37.7. The number of carbonyl (C=O) groups excluding carboxylic acids is 8. The molecule has 0 radical (unpaired) electrons. The predicted molar refractivity (Wildman–Crippen MR) is 229 cm³/mol. The highest BCUT2D eigenvalue weighted by atomic mass is 16.6. The minimum Gasteiger partial charge on any atom is -0.469 e. The molecule has 0 aliphatic heterocycles. The van der Waals surface area contributed by atoms with E-state index in [1.165, 1.54) is 21.1 Å². The van der Waals surface area contributed by atoms with Crippen LogP contribution in [0.15, 0.2) is 45.6 Å². The molecule has 2 rings (SSSR count). The Bertz CT molecular complexity index is 1620. The standard InChI is InChI=1S/C29H44N2O12.C15H24N2O4/c1-22(32)39-17-5-6-18-41-26(34)14-15-27(35)42-19-7-8-20-43-29(37)31-24(28(36)38-2)11-3-4-16-30-25(33)13-12-23-10-9-21-40-23;1-16-13(15(19)20-2)7-3-4-10-17-14(18)9-8-12-6-5-11-21-12/h9-10,21,24H,3-8,11-20H2,1-2H3,(H,30,33)(H,31,37);5-6,11,13,16H,3-4,7-10H2,1-2H3,(H,17,18). The molecule has 0 spiro atoms. The fourth-order valence-electron chi connectivity index (χ4n) is 5.57. The van der Waals surface area contributed by atoms with E-state index in [4.69, 9.17) is 32.5 Å². The van der Waals surface area contributed by atoms with Crippen LogP contribution in [0.2, 0.25) is 0 Å². The summed E-state index contributed by atoms with van der Waals surface area (Å²) in [6, 6.07) is 6.08. The molecule has 0 fully saturated rings. The fourth-order valence-corrected chi connectivity index (χ4v) is 5.57. The van der Waals surface area contributed by atoms with E-state index in [9.17, 15) is 38.4 Å². The van der Waals surface area contributed by atoms with Gasteiger partial charge in [-0.25, -0.2) is 9.59 Å². The summed E-state index contributed by atoms with van der Waals surface area (Å²) in [6.45, 7) is 2.96. The lowest BCUT2D eigenvalue weighted by atomic mass is 10.1. The largest absolute Gasteiger partial charge is 0.469 e. The van der Waals surface area contributed by atoms with Crippen molar-refractivity contribution in [3.8, 4) is 0 Å². The van der Waals surface area contributed by atoms with Crippen LogP contribution in [0.25, 0.3) is 0 Å². The Kier molecular flexibility index (Phi) is 32.0. The Labute approximate surface area is 374 Å². The van der Waals surface area contributed by atoms with Gasteiger partial charge < -0.3 is 58.5 Å². The van der Waals surface area contributed by atoms with Crippen LogP contribution < -0.4 is 21.3 Å². The molecule has 64 heavy (non-hydrogen) atoms. The molecular formula is C44H68N4O16. The number of unbranched alkanes of at least 4 members (excludes halogenated alkanes) is 4. The average molecular weight is 909 g/mol. The molecule has 20 nitrogen and oxygen atoms in total. The number of amides is 3. The van der Waals surface area contributed by atoms with Gasteiger partial charge in [-0.15, -0.1) is 0 Å². The molecule has 360 valence electrons. The molecule has 0 aromatic carbocycles. The van der Waals surface area contributed by atoms with E-state index in [0.717, 1.165) is 24.4 Å². The van der Waals surface area contributed by atoms with E-state index in [1.54, 1.807) is 25.6 Å². The number of carbonyl (C=O) groups is 8. The zero-order chi connectivity index (χ0) is 47.2. The number of aryl methyl sites for hydroxylation is 2. The van der Waals surface area contributed by atoms with Crippen molar-refractivity contribution in [3.63, 3.8) is 0 Å². The van der Waals surface area contributed by atoms with E-state index in [2.05, 4.69) is 26.0 Å². The lowest BCUT2D eigenvalue weighted by molar-refractivity contribution is -0.150. The SMILES string of the molecule is CNC(CCCCNC(=O)CCc1ccco1)C(=O)OC.COC(=O)C(CCCCNC(=O)CCc1ccco1)NC(=O)OCCCCOC(=O)CCC(=O)OCCCCOC(C)=O. The molecule has 3 amide bonds. The summed E-state index contributed by atoms with van der Waals surface area (Å²) in [5, 5.41) is 11.1. The van der Waals surface area contributed by atoms with E-state index in [1.807, 2.05) is 18.2 Å². The van der Waals surface area contributed by atoms with Crippen LogP contribution in [-0.2, 0) is 74.8 Å². The van der Waals surface area contributed by atoms with E-state index in [-0.39, 0.29) is 69.1 Å². The Morgan fingerprint density at radius 1 is 0.562 bits per heavy atom. The molecule has 0 saturated carbocycles. The van der Waals surface area contributed by atoms with Crippen LogP contribution in [0, 0.1) is 0 Å². The van der Waals surface area contributed by atoms with Crippen molar-refractivity contribution in [2.45, 2.75) is 122 Å². The first-order chi connectivity index (χ1) is 30.9. The van der Waals surface area contributed by atoms with Crippen molar-refractivity contribution in [1.82, 2.24) is 21.3 Å².